The summed E-state index contributed by atoms with van der Waals surface area (Å²) in [6.07, 6.45) is 0.308. The Kier molecular flexibility index (Phi) is 5.05. The van der Waals surface area contributed by atoms with E-state index in [-0.39, 0.29) is 24.3 Å². The van der Waals surface area contributed by atoms with Crippen LogP contribution in [-0.2, 0) is 20.1 Å². The third-order valence-electron chi connectivity index (χ3n) is 4.68. The largest absolute Gasteiger partial charge is 0.386 e. The van der Waals surface area contributed by atoms with Gasteiger partial charge in [-0.2, -0.15) is 0 Å². The molecule has 9 heteroatoms. The molecule has 1 unspecified atom stereocenters. The number of hydrogen-bond acceptors (Lipinski definition) is 5. The quantitative estimate of drug-likeness (QED) is 0.521. The van der Waals surface area contributed by atoms with Crippen molar-refractivity contribution in [2.45, 2.75) is 19.2 Å². The van der Waals surface area contributed by atoms with Gasteiger partial charge in [0.15, 0.2) is 5.69 Å². The normalized spacial score (nSPS) is 12.2. The lowest BCUT2D eigenvalue weighted by atomic mass is 10.1. The molecule has 2 heterocycles. The maximum atomic E-state index is 13.8. The smallest absolute Gasteiger partial charge is 0.273 e. The zero-order valence-corrected chi connectivity index (χ0v) is 15.7. The van der Waals surface area contributed by atoms with E-state index in [0.717, 1.165) is 11.0 Å². The molecule has 0 aliphatic carbocycles. The number of halogens is 1. The van der Waals surface area contributed by atoms with Crippen LogP contribution in [0.4, 0.5) is 4.39 Å². The van der Waals surface area contributed by atoms with E-state index >= 15 is 0 Å². The van der Waals surface area contributed by atoms with Gasteiger partial charge in [0.1, 0.15) is 17.7 Å². The molecule has 8 nitrogen and oxygen atoms in total. The van der Waals surface area contributed by atoms with E-state index in [9.17, 15) is 14.3 Å². The number of aromatic nitrogens is 5. The minimum absolute atomic E-state index is 0.0219. The van der Waals surface area contributed by atoms with Crippen molar-refractivity contribution >= 4 is 16.9 Å². The Labute approximate surface area is 165 Å². The predicted octanol–water partition coefficient (Wildman–Crippen LogP) is 1.97. The van der Waals surface area contributed by atoms with Crippen molar-refractivity contribution in [3.8, 4) is 0 Å². The molecule has 148 valence electrons. The molecular formula is C20H19FN6O2. The van der Waals surface area contributed by atoms with Crippen molar-refractivity contribution in [1.82, 2.24) is 29.9 Å². The number of benzene rings is 2. The summed E-state index contributed by atoms with van der Waals surface area (Å²) < 4.78 is 17.0. The van der Waals surface area contributed by atoms with E-state index in [1.807, 2.05) is 35.9 Å². The molecule has 0 spiro atoms. The van der Waals surface area contributed by atoms with Gasteiger partial charge in [-0.3, -0.25) is 4.79 Å². The third kappa shape index (κ3) is 3.85. The highest BCUT2D eigenvalue weighted by Crippen LogP contribution is 2.18. The van der Waals surface area contributed by atoms with Gasteiger partial charge in [0, 0.05) is 12.6 Å². The summed E-state index contributed by atoms with van der Waals surface area (Å²) in [6.45, 7) is 0.209. The maximum absolute atomic E-state index is 13.8. The van der Waals surface area contributed by atoms with Crippen molar-refractivity contribution < 1.29 is 14.3 Å². The lowest BCUT2D eigenvalue weighted by Crippen LogP contribution is -2.24. The number of aliphatic hydroxyl groups is 1. The van der Waals surface area contributed by atoms with Gasteiger partial charge < -0.3 is 15.0 Å². The van der Waals surface area contributed by atoms with Crippen LogP contribution in [0.3, 0.4) is 0 Å². The Morgan fingerprint density at radius 1 is 1.21 bits per heavy atom. The van der Waals surface area contributed by atoms with E-state index < -0.39 is 17.8 Å². The third-order valence-corrected chi connectivity index (χ3v) is 4.68. The lowest BCUT2D eigenvalue weighted by Gasteiger charge is -2.11. The topological polar surface area (TPSA) is 97.9 Å². The van der Waals surface area contributed by atoms with Gasteiger partial charge in [0.2, 0.25) is 0 Å². The van der Waals surface area contributed by atoms with E-state index in [2.05, 4.69) is 20.6 Å². The molecule has 1 atom stereocenters. The second-order valence-electron chi connectivity index (χ2n) is 6.62. The number of nitrogens with zero attached hydrogens (tertiary/aromatic N) is 5. The summed E-state index contributed by atoms with van der Waals surface area (Å²) in [5.74, 6) is -0.203. The summed E-state index contributed by atoms with van der Waals surface area (Å²) >= 11 is 0. The molecule has 4 aromatic rings. The van der Waals surface area contributed by atoms with Crippen molar-refractivity contribution in [3.63, 3.8) is 0 Å². The minimum atomic E-state index is -1.10. The molecule has 2 aromatic heterocycles. The fourth-order valence-corrected chi connectivity index (χ4v) is 3.12. The number of nitrogens with one attached hydrogen (secondary N) is 1. The van der Waals surface area contributed by atoms with Crippen LogP contribution in [0.2, 0.25) is 0 Å². The highest BCUT2D eigenvalue weighted by Gasteiger charge is 2.17. The maximum Gasteiger partial charge on any atom is 0.273 e. The van der Waals surface area contributed by atoms with E-state index in [4.69, 9.17) is 0 Å². The fraction of sp³-hybridized carbons (Fsp3) is 0.200. The standard InChI is InChI=1S/C20H19FN6O2/c1-26-17-9-5-4-8-15(17)23-19(26)10-22-20(29)16-11-27(25-24-16)12-18(28)13-6-2-3-7-14(13)21/h2-9,11,18,28H,10,12H2,1H3,(H,22,29). The number of aliphatic hydroxyl groups excluding tert-OH is 1. The highest BCUT2D eigenvalue weighted by atomic mass is 19.1. The molecular weight excluding hydrogens is 375 g/mol. The number of fused-ring (bicyclic) bond motifs is 1. The molecule has 0 aliphatic heterocycles. The first-order valence-electron chi connectivity index (χ1n) is 9.04. The van der Waals surface area contributed by atoms with Crippen LogP contribution < -0.4 is 5.32 Å². The molecule has 2 aromatic carbocycles. The number of carbonyl (C=O) groups is 1. The average molecular weight is 394 g/mol. The van der Waals surface area contributed by atoms with Crippen LogP contribution in [0.15, 0.2) is 54.7 Å². The van der Waals surface area contributed by atoms with Crippen molar-refractivity contribution in [3.05, 3.63) is 77.6 Å². The number of hydrogen-bond donors (Lipinski definition) is 2. The molecule has 1 amide bonds. The average Bonchev–Trinajstić information content (AvgIpc) is 3.31. The van der Waals surface area contributed by atoms with E-state index in [1.54, 1.807) is 12.1 Å². The summed E-state index contributed by atoms with van der Waals surface area (Å²) in [6, 6.07) is 13.7. The first-order chi connectivity index (χ1) is 14.0. The number of carbonyl (C=O) groups excluding carboxylic acids is 1. The zero-order chi connectivity index (χ0) is 20.4. The molecule has 29 heavy (non-hydrogen) atoms. The van der Waals surface area contributed by atoms with Crippen molar-refractivity contribution in [2.24, 2.45) is 7.05 Å². The number of para-hydroxylation sites is 2. The summed E-state index contributed by atoms with van der Waals surface area (Å²) in [5.41, 5.74) is 2.09. The summed E-state index contributed by atoms with van der Waals surface area (Å²) in [4.78, 5) is 16.9. The molecule has 0 saturated carbocycles. The number of imidazole rings is 1. The Hall–Kier alpha value is -3.59. The molecule has 0 aliphatic rings. The van der Waals surface area contributed by atoms with Crippen LogP contribution in [0.1, 0.15) is 28.0 Å². The van der Waals surface area contributed by atoms with Gasteiger partial charge in [-0.05, 0) is 18.2 Å². The van der Waals surface area contributed by atoms with Crippen molar-refractivity contribution in [2.75, 3.05) is 0 Å². The number of rotatable bonds is 6. The first kappa shape index (κ1) is 18.8. The first-order valence-corrected chi connectivity index (χ1v) is 9.04. The van der Waals surface area contributed by atoms with Crippen LogP contribution in [-0.4, -0.2) is 35.6 Å². The lowest BCUT2D eigenvalue weighted by molar-refractivity contribution is 0.0944. The van der Waals surface area contributed by atoms with Crippen LogP contribution >= 0.6 is 0 Å². The molecule has 0 fully saturated rings. The van der Waals surface area contributed by atoms with E-state index in [0.29, 0.717) is 5.82 Å². The predicted molar refractivity (Wildman–Crippen MR) is 103 cm³/mol. The Morgan fingerprint density at radius 3 is 2.76 bits per heavy atom. The van der Waals surface area contributed by atoms with Gasteiger partial charge >= 0.3 is 0 Å². The molecule has 0 bridgehead atoms. The molecule has 0 radical (unpaired) electrons. The van der Waals surface area contributed by atoms with Gasteiger partial charge in [-0.25, -0.2) is 14.1 Å². The van der Waals surface area contributed by atoms with Gasteiger partial charge in [-0.1, -0.05) is 35.5 Å². The minimum Gasteiger partial charge on any atom is -0.386 e. The van der Waals surface area contributed by atoms with Crippen LogP contribution in [0.25, 0.3) is 11.0 Å². The Morgan fingerprint density at radius 2 is 1.97 bits per heavy atom. The van der Waals surface area contributed by atoms with Crippen LogP contribution in [0, 0.1) is 5.82 Å². The summed E-state index contributed by atoms with van der Waals surface area (Å²) in [5, 5.41) is 20.7. The number of aryl methyl sites for hydroxylation is 1. The highest BCUT2D eigenvalue weighted by molar-refractivity contribution is 5.91. The second kappa shape index (κ2) is 7.80. The second-order valence-corrected chi connectivity index (χ2v) is 6.62. The Balaban J connectivity index is 1.40. The number of amides is 1. The van der Waals surface area contributed by atoms with Gasteiger partial charge in [0.05, 0.1) is 30.3 Å². The molecule has 2 N–H and O–H groups in total. The van der Waals surface area contributed by atoms with E-state index in [1.165, 1.54) is 23.0 Å². The van der Waals surface area contributed by atoms with Gasteiger partial charge in [-0.15, -0.1) is 5.10 Å². The monoisotopic (exact) mass is 394 g/mol. The SMILES string of the molecule is Cn1c(CNC(=O)c2cn(CC(O)c3ccccc3F)nn2)nc2ccccc21. The fourth-order valence-electron chi connectivity index (χ4n) is 3.12. The summed E-state index contributed by atoms with van der Waals surface area (Å²) in [7, 11) is 1.89. The Bertz CT molecular complexity index is 1170. The van der Waals surface area contributed by atoms with Crippen molar-refractivity contribution in [1.29, 1.82) is 0 Å². The van der Waals surface area contributed by atoms with Crippen LogP contribution in [0.5, 0.6) is 0 Å². The van der Waals surface area contributed by atoms with Gasteiger partial charge in [0.25, 0.3) is 5.91 Å². The zero-order valence-electron chi connectivity index (χ0n) is 15.7. The molecule has 0 saturated heterocycles. The molecule has 4 rings (SSSR count).